The molecule has 0 saturated heterocycles. The van der Waals surface area contributed by atoms with E-state index < -0.39 is 22.7 Å². The first kappa shape index (κ1) is 23.7. The third-order valence-corrected chi connectivity index (χ3v) is 7.54. The zero-order valence-electron chi connectivity index (χ0n) is 17.9. The molecule has 5 rings (SSSR count). The molecule has 1 unspecified atom stereocenters. The Bertz CT molecular complexity index is 1270. The molecule has 2 heterocycles. The molecule has 3 aromatic rings. The predicted octanol–water partition coefficient (Wildman–Crippen LogP) is 5.94. The van der Waals surface area contributed by atoms with Crippen molar-refractivity contribution in [2.45, 2.75) is 24.8 Å². The molecule has 0 spiro atoms. The van der Waals surface area contributed by atoms with Gasteiger partial charge in [-0.15, -0.1) is 0 Å². The number of fused-ring (bicyclic) bond motifs is 1. The number of rotatable bonds is 7. The molecule has 1 amide bonds. The average molecular weight is 566 g/mol. The molecule has 2 aromatic carbocycles. The van der Waals surface area contributed by atoms with E-state index in [1.807, 2.05) is 6.07 Å². The Hall–Kier alpha value is -2.03. The second kappa shape index (κ2) is 8.88. The van der Waals surface area contributed by atoms with E-state index in [1.54, 1.807) is 36.4 Å². The third-order valence-electron chi connectivity index (χ3n) is 6.58. The van der Waals surface area contributed by atoms with Gasteiger partial charge in [0.25, 0.3) is 5.91 Å². The number of carbonyl (C=O) groups is 1. The zero-order valence-corrected chi connectivity index (χ0v) is 21.0. The van der Waals surface area contributed by atoms with E-state index in [4.69, 9.17) is 28.0 Å². The highest BCUT2D eigenvalue weighted by molar-refractivity contribution is 9.10. The van der Waals surface area contributed by atoms with Crippen LogP contribution in [0.25, 0.3) is 0 Å². The summed E-state index contributed by atoms with van der Waals surface area (Å²) in [6.07, 6.45) is 3.24. The Labute approximate surface area is 214 Å². The molecule has 1 aromatic heterocycles. The summed E-state index contributed by atoms with van der Waals surface area (Å²) < 4.78 is 16.3. The summed E-state index contributed by atoms with van der Waals surface area (Å²) in [6.45, 7) is 0.0873. The van der Waals surface area contributed by atoms with Gasteiger partial charge in [0.2, 0.25) is 0 Å². The smallest absolute Gasteiger partial charge is 0.279 e. The minimum atomic E-state index is -1.35. The largest absolute Gasteiger partial charge is 0.396 e. The molecule has 1 aliphatic carbocycles. The van der Waals surface area contributed by atoms with Gasteiger partial charge in [-0.3, -0.25) is 14.6 Å². The second-order valence-corrected chi connectivity index (χ2v) is 10.6. The minimum absolute atomic E-state index is 0.0471. The number of hydrogen-bond donors (Lipinski definition) is 1. The van der Waals surface area contributed by atoms with Gasteiger partial charge in [-0.1, -0.05) is 51.3 Å². The summed E-state index contributed by atoms with van der Waals surface area (Å²) in [5.74, 6) is -0.963. The molecule has 5 nitrogen and oxygen atoms in total. The van der Waals surface area contributed by atoms with E-state index in [0.29, 0.717) is 26.3 Å². The Kier molecular flexibility index (Phi) is 6.19. The molecular formula is C25H20BrCl2FN2O3. The highest BCUT2D eigenvalue weighted by Crippen LogP contribution is 2.51. The van der Waals surface area contributed by atoms with Gasteiger partial charge in [0.15, 0.2) is 0 Å². The van der Waals surface area contributed by atoms with Crippen molar-refractivity contribution in [3.63, 3.8) is 0 Å². The normalized spacial score (nSPS) is 20.5. The van der Waals surface area contributed by atoms with E-state index in [1.165, 1.54) is 17.3 Å². The van der Waals surface area contributed by atoms with Crippen LogP contribution >= 0.6 is 39.1 Å². The lowest BCUT2D eigenvalue weighted by atomic mass is 9.79. The van der Waals surface area contributed by atoms with Crippen molar-refractivity contribution in [2.24, 2.45) is 5.41 Å². The fourth-order valence-electron chi connectivity index (χ4n) is 4.46. The topological polar surface area (TPSA) is 62.7 Å². The molecule has 0 bridgehead atoms. The van der Waals surface area contributed by atoms with Crippen LogP contribution in [0.3, 0.4) is 0 Å². The molecule has 1 fully saturated rings. The summed E-state index contributed by atoms with van der Waals surface area (Å²) in [6, 6.07) is 13.1. The van der Waals surface area contributed by atoms with E-state index in [-0.39, 0.29) is 30.2 Å². The molecule has 176 valence electrons. The third kappa shape index (κ3) is 4.03. The number of amides is 1. The maximum Gasteiger partial charge on any atom is 0.279 e. The molecule has 34 heavy (non-hydrogen) atoms. The molecule has 9 heteroatoms. The van der Waals surface area contributed by atoms with Crippen molar-refractivity contribution in [3.8, 4) is 0 Å². The van der Waals surface area contributed by atoms with Gasteiger partial charge in [0.1, 0.15) is 11.4 Å². The number of aliphatic hydroxyl groups is 1. The number of nitrogens with zero attached hydrogens (tertiary/aromatic N) is 2. The Morgan fingerprint density at radius 2 is 1.82 bits per heavy atom. The van der Waals surface area contributed by atoms with Gasteiger partial charge >= 0.3 is 0 Å². The van der Waals surface area contributed by atoms with Crippen molar-refractivity contribution >= 4 is 45.0 Å². The summed E-state index contributed by atoms with van der Waals surface area (Å²) in [4.78, 5) is 24.3. The van der Waals surface area contributed by atoms with Gasteiger partial charge < -0.3 is 5.11 Å². The predicted molar refractivity (Wildman–Crippen MR) is 130 cm³/mol. The maximum absolute atomic E-state index is 15.6. The fraction of sp³-hybridized carbons (Fsp3) is 0.280. The lowest BCUT2D eigenvalue weighted by Crippen LogP contribution is -2.48. The number of aliphatic hydroxyl groups excluding tert-OH is 1. The number of aromatic nitrogens is 1. The van der Waals surface area contributed by atoms with E-state index in [2.05, 4.69) is 20.9 Å². The van der Waals surface area contributed by atoms with E-state index >= 15 is 4.39 Å². The molecule has 1 atom stereocenters. The van der Waals surface area contributed by atoms with Gasteiger partial charge in [-0.25, -0.2) is 9.45 Å². The van der Waals surface area contributed by atoms with Crippen LogP contribution in [0.5, 0.6) is 0 Å². The van der Waals surface area contributed by atoms with Gasteiger partial charge in [-0.05, 0) is 54.8 Å². The van der Waals surface area contributed by atoms with Crippen molar-refractivity contribution in [1.82, 2.24) is 10.0 Å². The average Bonchev–Trinajstić information content (AvgIpc) is 3.56. The standard InChI is InChI=1S/C25H20BrCl2FN2O3/c26-15-1-5-20-19(9-15)23(33)31(34-14-24(13-32)7-8-24)25(20,11-18-4-2-17(28)12-30-18)21-6-3-16(27)10-22(21)29/h1-6,9-10,12,32H,7-8,11,13-14H2. The number of hydrogen-bond acceptors (Lipinski definition) is 4. The van der Waals surface area contributed by atoms with Gasteiger partial charge in [0.05, 0.1) is 18.2 Å². The lowest BCUT2D eigenvalue weighted by molar-refractivity contribution is -0.186. The van der Waals surface area contributed by atoms with Crippen molar-refractivity contribution in [1.29, 1.82) is 0 Å². The maximum atomic E-state index is 15.6. The summed E-state index contributed by atoms with van der Waals surface area (Å²) in [7, 11) is 0. The van der Waals surface area contributed by atoms with Crippen molar-refractivity contribution in [2.75, 3.05) is 13.2 Å². The molecule has 1 N–H and O–H groups in total. The van der Waals surface area contributed by atoms with Crippen LogP contribution in [0, 0.1) is 11.2 Å². The fourth-order valence-corrected chi connectivity index (χ4v) is 5.09. The first-order chi connectivity index (χ1) is 16.3. The SMILES string of the molecule is O=C1c2cc(Br)ccc2C(Cc2ccc(Cl)cn2)(c2ccc(Cl)cc2F)N1OCC1(CO)CC1. The minimum Gasteiger partial charge on any atom is -0.396 e. The highest BCUT2D eigenvalue weighted by atomic mass is 79.9. The molecule has 1 saturated carbocycles. The highest BCUT2D eigenvalue weighted by Gasteiger charge is 2.55. The Morgan fingerprint density at radius 3 is 2.47 bits per heavy atom. The molecular weight excluding hydrogens is 546 g/mol. The number of carbonyl (C=O) groups excluding carboxylic acids is 1. The monoisotopic (exact) mass is 564 g/mol. The van der Waals surface area contributed by atoms with Crippen molar-refractivity contribution in [3.05, 3.63) is 97.4 Å². The number of pyridine rings is 1. The quantitative estimate of drug-likeness (QED) is 0.385. The van der Waals surface area contributed by atoms with Crippen LogP contribution < -0.4 is 0 Å². The number of hydroxylamine groups is 2. The van der Waals surface area contributed by atoms with Crippen LogP contribution in [-0.4, -0.2) is 34.3 Å². The van der Waals surface area contributed by atoms with Gasteiger partial charge in [0, 0.05) is 44.3 Å². The van der Waals surface area contributed by atoms with E-state index in [0.717, 1.165) is 12.8 Å². The zero-order chi connectivity index (χ0) is 24.1. The van der Waals surface area contributed by atoms with E-state index in [9.17, 15) is 9.90 Å². The lowest BCUT2D eigenvalue weighted by Gasteiger charge is -2.39. The first-order valence-corrected chi connectivity index (χ1v) is 12.3. The van der Waals surface area contributed by atoms with Gasteiger partial charge in [-0.2, -0.15) is 0 Å². The van der Waals surface area contributed by atoms with Crippen LogP contribution in [-0.2, 0) is 16.8 Å². The Morgan fingerprint density at radius 1 is 1.09 bits per heavy atom. The second-order valence-electron chi connectivity index (χ2n) is 8.85. The summed E-state index contributed by atoms with van der Waals surface area (Å²) >= 11 is 15.5. The van der Waals surface area contributed by atoms with Crippen molar-refractivity contribution < 1.29 is 19.1 Å². The molecule has 0 radical (unpaired) electrons. The molecule has 2 aliphatic rings. The number of benzene rings is 2. The van der Waals surface area contributed by atoms with Crippen LogP contribution in [0.2, 0.25) is 10.0 Å². The summed E-state index contributed by atoms with van der Waals surface area (Å²) in [5.41, 5.74) is 0.0715. The first-order valence-electron chi connectivity index (χ1n) is 10.7. The summed E-state index contributed by atoms with van der Waals surface area (Å²) in [5, 5.41) is 11.8. The molecule has 1 aliphatic heterocycles. The number of halogens is 4. The van der Waals surface area contributed by atoms with Crippen LogP contribution in [0.15, 0.2) is 59.2 Å². The Balaban J connectivity index is 1.72. The van der Waals surface area contributed by atoms with Crippen LogP contribution in [0.1, 0.15) is 40.0 Å². The van der Waals surface area contributed by atoms with Crippen LogP contribution in [0.4, 0.5) is 4.39 Å².